The van der Waals surface area contributed by atoms with E-state index in [9.17, 15) is 0 Å². The maximum Gasteiger partial charge on any atom is 0.192 e. The van der Waals surface area contributed by atoms with Crippen LogP contribution < -0.4 is 5.32 Å². The summed E-state index contributed by atoms with van der Waals surface area (Å²) in [6.45, 7) is 19.1. The molecule has 0 aliphatic heterocycles. The Morgan fingerprint density at radius 2 is 1.78 bits per heavy atom. The van der Waals surface area contributed by atoms with Crippen LogP contribution in [0.1, 0.15) is 65.6 Å². The van der Waals surface area contributed by atoms with Gasteiger partial charge in [0, 0.05) is 23.8 Å². The second-order valence-corrected chi connectivity index (χ2v) is 17.2. The molecule has 1 unspecified atom stereocenters. The zero-order chi connectivity index (χ0) is 29.4. The van der Waals surface area contributed by atoms with Crippen molar-refractivity contribution < 1.29 is 4.43 Å². The van der Waals surface area contributed by atoms with Crippen molar-refractivity contribution in [2.75, 3.05) is 11.9 Å². The zero-order valence-corrected chi connectivity index (χ0v) is 26.5. The number of aromatic nitrogens is 7. The molecule has 0 radical (unpaired) electrons. The minimum atomic E-state index is -1.81. The number of hydrogen-bond acceptors (Lipinski definition) is 7. The largest absolute Gasteiger partial charge is 0.415 e. The van der Waals surface area contributed by atoms with Crippen molar-refractivity contribution in [1.29, 1.82) is 0 Å². The quantitative estimate of drug-likeness (QED) is 0.175. The fourth-order valence-corrected chi connectivity index (χ4v) is 5.56. The van der Waals surface area contributed by atoms with Gasteiger partial charge in [-0.1, -0.05) is 45.9 Å². The second-order valence-electron chi connectivity index (χ2n) is 12.4. The normalized spacial score (nSPS) is 14.0. The van der Waals surface area contributed by atoms with Gasteiger partial charge < -0.3 is 9.74 Å². The molecule has 0 aliphatic carbocycles. The Labute approximate surface area is 243 Å². The van der Waals surface area contributed by atoms with Crippen LogP contribution in [0.15, 0.2) is 55.1 Å². The van der Waals surface area contributed by atoms with Gasteiger partial charge in [0.1, 0.15) is 11.0 Å². The van der Waals surface area contributed by atoms with Crippen LogP contribution in [0.4, 0.5) is 5.82 Å². The van der Waals surface area contributed by atoms with Crippen molar-refractivity contribution in [2.24, 2.45) is 0 Å². The van der Waals surface area contributed by atoms with Gasteiger partial charge in [0.2, 0.25) is 0 Å². The third kappa shape index (κ3) is 6.03. The van der Waals surface area contributed by atoms with Gasteiger partial charge in [0.25, 0.3) is 0 Å². The number of fused-ring (bicyclic) bond motifs is 2. The number of benzene rings is 1. The van der Waals surface area contributed by atoms with Crippen LogP contribution in [0.2, 0.25) is 18.1 Å². The molecule has 41 heavy (non-hydrogen) atoms. The van der Waals surface area contributed by atoms with Gasteiger partial charge in [-0.3, -0.25) is 14.3 Å². The molecule has 4 heterocycles. The number of para-hydroxylation sites is 1. The van der Waals surface area contributed by atoms with Gasteiger partial charge in [-0.2, -0.15) is 10.2 Å². The van der Waals surface area contributed by atoms with Gasteiger partial charge in [-0.05, 0) is 56.1 Å². The first-order valence-corrected chi connectivity index (χ1v) is 17.4. The highest BCUT2D eigenvalue weighted by molar-refractivity contribution is 6.74. The SMILES string of the molecule is CCC(C)n1ncc2nc(-c3cnn(CCO[Si](C)(C)C(C)(C)C)c3)nc(N[C@H](C)c3cnc4ccccc4c3)c21. The van der Waals surface area contributed by atoms with E-state index in [4.69, 9.17) is 19.5 Å². The molecule has 1 N–H and O–H groups in total. The van der Waals surface area contributed by atoms with E-state index in [0.717, 1.165) is 45.3 Å². The molecule has 5 aromatic rings. The van der Waals surface area contributed by atoms with Crippen LogP contribution in [0, 0.1) is 0 Å². The first-order valence-electron chi connectivity index (χ1n) is 14.5. The van der Waals surface area contributed by atoms with Crippen molar-refractivity contribution in [3.8, 4) is 11.4 Å². The highest BCUT2D eigenvalue weighted by Gasteiger charge is 2.36. The molecule has 9 nitrogen and oxygen atoms in total. The van der Waals surface area contributed by atoms with Gasteiger partial charge in [0.15, 0.2) is 20.0 Å². The summed E-state index contributed by atoms with van der Waals surface area (Å²) in [6, 6.07) is 10.5. The van der Waals surface area contributed by atoms with E-state index in [0.29, 0.717) is 19.0 Å². The molecule has 0 bridgehead atoms. The predicted molar refractivity (Wildman–Crippen MR) is 168 cm³/mol. The number of nitrogens with zero attached hydrogens (tertiary/aromatic N) is 7. The Morgan fingerprint density at radius 3 is 2.54 bits per heavy atom. The van der Waals surface area contributed by atoms with Crippen molar-refractivity contribution in [3.63, 3.8) is 0 Å². The molecule has 0 aliphatic rings. The summed E-state index contributed by atoms with van der Waals surface area (Å²) in [5.74, 6) is 1.36. The third-order valence-electron chi connectivity index (χ3n) is 8.40. The van der Waals surface area contributed by atoms with E-state index >= 15 is 0 Å². The van der Waals surface area contributed by atoms with Crippen LogP contribution in [0.3, 0.4) is 0 Å². The first kappa shape index (κ1) is 28.9. The predicted octanol–water partition coefficient (Wildman–Crippen LogP) is 7.40. The molecule has 0 saturated carbocycles. The molecule has 0 amide bonds. The van der Waals surface area contributed by atoms with Crippen LogP contribution >= 0.6 is 0 Å². The topological polar surface area (TPSA) is 95.6 Å². The number of pyridine rings is 1. The Balaban J connectivity index is 1.44. The molecular weight excluding hydrogens is 528 g/mol. The molecule has 1 aromatic carbocycles. The number of rotatable bonds is 10. The zero-order valence-electron chi connectivity index (χ0n) is 25.5. The van der Waals surface area contributed by atoms with Gasteiger partial charge in [-0.25, -0.2) is 9.97 Å². The van der Waals surface area contributed by atoms with E-state index in [1.165, 1.54) is 0 Å². The molecule has 10 heteroatoms. The fraction of sp³-hybridized carbons (Fsp3) is 0.452. The van der Waals surface area contributed by atoms with Crippen LogP contribution in [0.5, 0.6) is 0 Å². The lowest BCUT2D eigenvalue weighted by Gasteiger charge is -2.36. The minimum absolute atomic E-state index is 0.0338. The first-order chi connectivity index (χ1) is 19.5. The van der Waals surface area contributed by atoms with Crippen molar-refractivity contribution in [1.82, 2.24) is 34.5 Å². The summed E-state index contributed by atoms with van der Waals surface area (Å²) in [6.07, 6.45) is 8.54. The summed E-state index contributed by atoms with van der Waals surface area (Å²) in [5.41, 5.74) is 4.63. The third-order valence-corrected chi connectivity index (χ3v) is 12.9. The highest BCUT2D eigenvalue weighted by atomic mass is 28.4. The average molecular weight is 571 g/mol. The van der Waals surface area contributed by atoms with Crippen molar-refractivity contribution in [2.45, 2.75) is 84.7 Å². The van der Waals surface area contributed by atoms with Crippen LogP contribution in [0.25, 0.3) is 33.3 Å². The summed E-state index contributed by atoms with van der Waals surface area (Å²) in [7, 11) is -1.81. The van der Waals surface area contributed by atoms with Crippen LogP contribution in [-0.2, 0) is 11.0 Å². The molecule has 0 spiro atoms. The lowest BCUT2D eigenvalue weighted by molar-refractivity contribution is 0.266. The van der Waals surface area contributed by atoms with Gasteiger partial charge >= 0.3 is 0 Å². The van der Waals surface area contributed by atoms with E-state index in [2.05, 4.69) is 82.2 Å². The standard InChI is InChI=1S/C31H42N8OSi/c1-9-21(2)39-28-27(19-34-39)36-29(25-18-33-38(20-25)14-15-40-41(7,8)31(4,5)6)37-30(28)35-22(3)24-16-23-12-10-11-13-26(23)32-17-24/h10-13,16-22H,9,14-15H2,1-8H3,(H,35,36,37)/t21?,22-/m1/s1. The van der Waals surface area contributed by atoms with E-state index in [1.54, 1.807) is 0 Å². The Hall–Kier alpha value is -3.63. The molecule has 0 fully saturated rings. The summed E-state index contributed by atoms with van der Waals surface area (Å²) in [5, 5.41) is 14.2. The number of hydrogen-bond donors (Lipinski definition) is 1. The smallest absolute Gasteiger partial charge is 0.192 e. The monoisotopic (exact) mass is 570 g/mol. The van der Waals surface area contributed by atoms with Crippen LogP contribution in [-0.4, -0.2) is 49.4 Å². The average Bonchev–Trinajstić information content (AvgIpc) is 3.59. The van der Waals surface area contributed by atoms with Crippen molar-refractivity contribution in [3.05, 3.63) is 60.7 Å². The molecule has 4 aromatic heterocycles. The Kier molecular flexibility index (Phi) is 7.98. The number of anilines is 1. The summed E-state index contributed by atoms with van der Waals surface area (Å²) in [4.78, 5) is 14.6. The summed E-state index contributed by atoms with van der Waals surface area (Å²) >= 11 is 0. The minimum Gasteiger partial charge on any atom is -0.415 e. The highest BCUT2D eigenvalue weighted by Crippen LogP contribution is 2.36. The summed E-state index contributed by atoms with van der Waals surface area (Å²) < 4.78 is 10.3. The van der Waals surface area contributed by atoms with Gasteiger partial charge in [0.05, 0.1) is 42.7 Å². The number of nitrogens with one attached hydrogen (secondary N) is 1. The fourth-order valence-electron chi connectivity index (χ4n) is 4.53. The van der Waals surface area contributed by atoms with E-state index in [-0.39, 0.29) is 17.1 Å². The maximum absolute atomic E-state index is 6.36. The Bertz CT molecular complexity index is 1650. The van der Waals surface area contributed by atoms with E-state index in [1.807, 2.05) is 52.4 Å². The van der Waals surface area contributed by atoms with Gasteiger partial charge in [-0.15, -0.1) is 0 Å². The lowest BCUT2D eigenvalue weighted by Crippen LogP contribution is -2.41. The maximum atomic E-state index is 6.36. The molecule has 216 valence electrons. The molecular formula is C31H42N8OSi. The second kappa shape index (κ2) is 11.3. The lowest BCUT2D eigenvalue weighted by atomic mass is 10.1. The molecule has 2 atom stereocenters. The van der Waals surface area contributed by atoms with Crippen molar-refractivity contribution >= 4 is 36.1 Å². The molecule has 5 rings (SSSR count). The Morgan fingerprint density at radius 1 is 1.00 bits per heavy atom. The van der Waals surface area contributed by atoms with E-state index < -0.39 is 8.32 Å². The molecule has 0 saturated heterocycles.